The summed E-state index contributed by atoms with van der Waals surface area (Å²) in [6, 6.07) is 5.81. The molecule has 1 amide bonds. The number of aliphatic hydroxyl groups excluding tert-OH is 1. The summed E-state index contributed by atoms with van der Waals surface area (Å²) in [6.45, 7) is -1.61. The van der Waals surface area contributed by atoms with E-state index in [1.54, 1.807) is 6.07 Å². The molecule has 0 radical (unpaired) electrons. The lowest BCUT2D eigenvalue weighted by atomic mass is 10.1. The quantitative estimate of drug-likeness (QED) is 0.757. The molecule has 2 atom stereocenters. The van der Waals surface area contributed by atoms with Crippen molar-refractivity contribution >= 4 is 18.3 Å². The molecular formula is C13H17ClF2N2O3. The van der Waals surface area contributed by atoms with Gasteiger partial charge < -0.3 is 20.5 Å². The monoisotopic (exact) mass is 322 g/mol. The first-order valence-corrected chi connectivity index (χ1v) is 6.28. The summed E-state index contributed by atoms with van der Waals surface area (Å²) in [5, 5.41) is 15.2. The van der Waals surface area contributed by atoms with Gasteiger partial charge in [-0.15, -0.1) is 12.4 Å². The van der Waals surface area contributed by atoms with Gasteiger partial charge in [-0.2, -0.15) is 8.78 Å². The maximum atomic E-state index is 12.3. The van der Waals surface area contributed by atoms with Crippen LogP contribution in [-0.4, -0.2) is 43.4 Å². The van der Waals surface area contributed by atoms with Crippen LogP contribution in [-0.2, 0) is 0 Å². The molecule has 1 aliphatic heterocycles. The Kier molecular flexibility index (Phi) is 6.80. The highest BCUT2D eigenvalue weighted by atomic mass is 35.5. The molecule has 1 aromatic carbocycles. The first-order chi connectivity index (χ1) is 9.58. The van der Waals surface area contributed by atoms with Crippen molar-refractivity contribution in [2.24, 2.45) is 5.92 Å². The number of alkyl halides is 2. The Bertz CT molecular complexity index is 476. The lowest BCUT2D eigenvalue weighted by Crippen LogP contribution is -2.34. The van der Waals surface area contributed by atoms with Crippen molar-refractivity contribution in [2.45, 2.75) is 12.7 Å². The van der Waals surface area contributed by atoms with Crippen LogP contribution < -0.4 is 15.4 Å². The van der Waals surface area contributed by atoms with Crippen molar-refractivity contribution in [1.82, 2.24) is 10.6 Å². The molecule has 0 saturated carbocycles. The van der Waals surface area contributed by atoms with Crippen molar-refractivity contribution in [2.75, 3.05) is 19.6 Å². The number of carbonyl (C=O) groups excluding carboxylic acids is 1. The Labute approximate surface area is 127 Å². The Morgan fingerprint density at radius 3 is 2.76 bits per heavy atom. The van der Waals surface area contributed by atoms with E-state index in [0.29, 0.717) is 13.1 Å². The number of para-hydroxylation sites is 1. The first-order valence-electron chi connectivity index (χ1n) is 6.28. The fourth-order valence-corrected chi connectivity index (χ4v) is 2.10. The summed E-state index contributed by atoms with van der Waals surface area (Å²) in [5.41, 5.74) is 0.0493. The fraction of sp³-hybridized carbons (Fsp3) is 0.462. The van der Waals surface area contributed by atoms with E-state index in [1.807, 2.05) is 0 Å². The minimum Gasteiger partial charge on any atom is -0.434 e. The van der Waals surface area contributed by atoms with Crippen LogP contribution >= 0.6 is 12.4 Å². The molecule has 118 valence electrons. The minimum absolute atomic E-state index is 0. The van der Waals surface area contributed by atoms with Crippen LogP contribution in [0.5, 0.6) is 5.75 Å². The number of β-amino-alcohol motifs (C(OH)–C–C–N with tert-alkyl or cyclic N) is 1. The van der Waals surface area contributed by atoms with Gasteiger partial charge in [0, 0.05) is 25.6 Å². The van der Waals surface area contributed by atoms with Crippen LogP contribution in [0.15, 0.2) is 24.3 Å². The van der Waals surface area contributed by atoms with Gasteiger partial charge in [0.05, 0.1) is 11.7 Å². The van der Waals surface area contributed by atoms with Gasteiger partial charge in [0.25, 0.3) is 5.91 Å². The Hall–Kier alpha value is -1.44. The van der Waals surface area contributed by atoms with E-state index in [4.69, 9.17) is 0 Å². The SMILES string of the molecule is Cl.O=C(NCC1CNCC1O)c1ccccc1OC(F)F. The zero-order valence-corrected chi connectivity index (χ0v) is 11.9. The third-order valence-corrected chi connectivity index (χ3v) is 3.18. The van der Waals surface area contributed by atoms with Crippen LogP contribution in [0.3, 0.4) is 0 Å². The molecule has 3 N–H and O–H groups in total. The van der Waals surface area contributed by atoms with E-state index in [1.165, 1.54) is 18.2 Å². The second kappa shape index (κ2) is 8.11. The van der Waals surface area contributed by atoms with Gasteiger partial charge in [0.15, 0.2) is 0 Å². The molecule has 1 aromatic rings. The summed E-state index contributed by atoms with van der Waals surface area (Å²) in [7, 11) is 0. The van der Waals surface area contributed by atoms with Gasteiger partial charge in [-0.25, -0.2) is 0 Å². The highest BCUT2D eigenvalue weighted by Crippen LogP contribution is 2.20. The molecule has 1 saturated heterocycles. The van der Waals surface area contributed by atoms with Crippen molar-refractivity contribution in [3.8, 4) is 5.75 Å². The zero-order valence-electron chi connectivity index (χ0n) is 11.1. The number of aliphatic hydroxyl groups is 1. The molecule has 0 aliphatic carbocycles. The normalized spacial score (nSPS) is 21.0. The molecule has 8 heteroatoms. The van der Waals surface area contributed by atoms with Gasteiger partial charge in [0.1, 0.15) is 5.75 Å². The van der Waals surface area contributed by atoms with Gasteiger partial charge in [0.2, 0.25) is 0 Å². The smallest absolute Gasteiger partial charge is 0.387 e. The van der Waals surface area contributed by atoms with E-state index in [-0.39, 0.29) is 36.2 Å². The van der Waals surface area contributed by atoms with E-state index in [9.17, 15) is 18.7 Å². The molecule has 1 heterocycles. The molecular weight excluding hydrogens is 306 g/mol. The van der Waals surface area contributed by atoms with Crippen molar-refractivity contribution in [3.05, 3.63) is 29.8 Å². The van der Waals surface area contributed by atoms with E-state index >= 15 is 0 Å². The summed E-state index contributed by atoms with van der Waals surface area (Å²) < 4.78 is 28.8. The predicted molar refractivity (Wildman–Crippen MR) is 75.0 cm³/mol. The van der Waals surface area contributed by atoms with Gasteiger partial charge in [-0.05, 0) is 12.1 Å². The summed E-state index contributed by atoms with van der Waals surface area (Å²) in [5.74, 6) is -0.743. The number of hydrogen-bond donors (Lipinski definition) is 3. The van der Waals surface area contributed by atoms with Crippen molar-refractivity contribution < 1.29 is 23.4 Å². The average Bonchev–Trinajstić information content (AvgIpc) is 2.81. The molecule has 1 fully saturated rings. The highest BCUT2D eigenvalue weighted by molar-refractivity contribution is 5.96. The maximum absolute atomic E-state index is 12.3. The number of nitrogens with one attached hydrogen (secondary N) is 2. The number of benzene rings is 1. The van der Waals surface area contributed by atoms with Crippen LogP contribution in [0.4, 0.5) is 8.78 Å². The lowest BCUT2D eigenvalue weighted by Gasteiger charge is -2.15. The number of rotatable bonds is 5. The molecule has 0 spiro atoms. The molecule has 21 heavy (non-hydrogen) atoms. The zero-order chi connectivity index (χ0) is 14.5. The topological polar surface area (TPSA) is 70.6 Å². The predicted octanol–water partition coefficient (Wildman–Crippen LogP) is 1.02. The largest absolute Gasteiger partial charge is 0.434 e. The molecule has 0 bridgehead atoms. The second-order valence-electron chi connectivity index (χ2n) is 4.57. The van der Waals surface area contributed by atoms with Crippen LogP contribution in [0, 0.1) is 5.92 Å². The Balaban J connectivity index is 0.00000220. The molecule has 0 aromatic heterocycles. The van der Waals surface area contributed by atoms with Crippen LogP contribution in [0.25, 0.3) is 0 Å². The number of halogens is 3. The molecule has 2 unspecified atom stereocenters. The van der Waals surface area contributed by atoms with Crippen molar-refractivity contribution in [1.29, 1.82) is 0 Å². The summed E-state index contributed by atoms with van der Waals surface area (Å²) in [6.07, 6.45) is -0.511. The standard InChI is InChI=1S/C13H16F2N2O3.ClH/c14-13(15)20-11-4-2-1-3-9(11)12(19)17-6-8-5-16-7-10(8)18;/h1-4,8,10,13,16,18H,5-7H2,(H,17,19);1H. The molecule has 1 aliphatic rings. The van der Waals surface area contributed by atoms with E-state index in [2.05, 4.69) is 15.4 Å². The fourth-order valence-electron chi connectivity index (χ4n) is 2.10. The molecule has 5 nitrogen and oxygen atoms in total. The van der Waals surface area contributed by atoms with Crippen molar-refractivity contribution in [3.63, 3.8) is 0 Å². The third kappa shape index (κ3) is 4.80. The van der Waals surface area contributed by atoms with Crippen LogP contribution in [0.2, 0.25) is 0 Å². The van der Waals surface area contributed by atoms with E-state index in [0.717, 1.165) is 0 Å². The number of amides is 1. The summed E-state index contributed by atoms with van der Waals surface area (Å²) >= 11 is 0. The van der Waals surface area contributed by atoms with Gasteiger partial charge in [-0.3, -0.25) is 4.79 Å². The Morgan fingerprint density at radius 2 is 2.14 bits per heavy atom. The maximum Gasteiger partial charge on any atom is 0.387 e. The van der Waals surface area contributed by atoms with Gasteiger partial charge in [-0.1, -0.05) is 12.1 Å². The van der Waals surface area contributed by atoms with E-state index < -0.39 is 18.6 Å². The molecule has 2 rings (SSSR count). The Morgan fingerprint density at radius 1 is 1.43 bits per heavy atom. The first kappa shape index (κ1) is 17.6. The number of ether oxygens (including phenoxy) is 1. The second-order valence-corrected chi connectivity index (χ2v) is 4.57. The van der Waals surface area contributed by atoms with Crippen LogP contribution in [0.1, 0.15) is 10.4 Å². The minimum atomic E-state index is -2.98. The number of carbonyl (C=O) groups is 1. The average molecular weight is 323 g/mol. The van der Waals surface area contributed by atoms with Gasteiger partial charge >= 0.3 is 6.61 Å². The third-order valence-electron chi connectivity index (χ3n) is 3.18. The number of hydrogen-bond acceptors (Lipinski definition) is 4. The highest BCUT2D eigenvalue weighted by Gasteiger charge is 2.25. The lowest BCUT2D eigenvalue weighted by molar-refractivity contribution is -0.0501. The summed E-state index contributed by atoms with van der Waals surface area (Å²) in [4.78, 5) is 12.0.